The lowest BCUT2D eigenvalue weighted by Gasteiger charge is -2.06. The molecule has 6 nitrogen and oxygen atoms in total. The molecule has 2 aromatic heterocycles. The molecule has 2 heterocycles. The number of H-pyrrole nitrogens is 2. The average Bonchev–Trinajstić information content (AvgIpc) is 3.25. The number of benzene rings is 2. The van der Waals surface area contributed by atoms with Crippen LogP contribution in [0.15, 0.2) is 36.5 Å². The SMILES string of the molecule is Cc1ccc2[nH]c(-c3[nH]ncc3NC(=O)c3c(F)cccc3F)nc2c1C. The van der Waals surface area contributed by atoms with E-state index in [0.29, 0.717) is 11.5 Å². The number of aromatic amines is 2. The molecule has 0 aliphatic rings. The number of hydrogen-bond acceptors (Lipinski definition) is 3. The third-order valence-electron chi connectivity index (χ3n) is 4.49. The van der Waals surface area contributed by atoms with Crippen molar-refractivity contribution >= 4 is 22.6 Å². The second-order valence-corrected chi connectivity index (χ2v) is 6.20. The van der Waals surface area contributed by atoms with Crippen molar-refractivity contribution in [1.29, 1.82) is 0 Å². The van der Waals surface area contributed by atoms with Gasteiger partial charge in [-0.2, -0.15) is 5.10 Å². The van der Waals surface area contributed by atoms with Crippen LogP contribution in [0.4, 0.5) is 14.5 Å². The van der Waals surface area contributed by atoms with Crippen LogP contribution in [0.2, 0.25) is 0 Å². The zero-order chi connectivity index (χ0) is 19.1. The van der Waals surface area contributed by atoms with Crippen molar-refractivity contribution in [1.82, 2.24) is 20.2 Å². The number of nitrogens with one attached hydrogen (secondary N) is 3. The fourth-order valence-corrected chi connectivity index (χ4v) is 2.89. The Morgan fingerprint density at radius 3 is 2.59 bits per heavy atom. The van der Waals surface area contributed by atoms with Crippen molar-refractivity contribution in [3.8, 4) is 11.5 Å². The Kier molecular flexibility index (Phi) is 3.95. The molecule has 4 rings (SSSR count). The van der Waals surface area contributed by atoms with E-state index in [1.165, 1.54) is 12.3 Å². The Morgan fingerprint density at radius 1 is 1.11 bits per heavy atom. The van der Waals surface area contributed by atoms with Crippen LogP contribution >= 0.6 is 0 Å². The minimum atomic E-state index is -0.938. The topological polar surface area (TPSA) is 86.5 Å². The highest BCUT2D eigenvalue weighted by Crippen LogP contribution is 2.28. The molecule has 0 bridgehead atoms. The van der Waals surface area contributed by atoms with Gasteiger partial charge in [-0.05, 0) is 43.2 Å². The Morgan fingerprint density at radius 2 is 1.85 bits per heavy atom. The number of imidazole rings is 1. The lowest BCUT2D eigenvalue weighted by molar-refractivity contribution is 0.101. The summed E-state index contributed by atoms with van der Waals surface area (Å²) in [6.45, 7) is 3.97. The summed E-state index contributed by atoms with van der Waals surface area (Å²) in [5.74, 6) is -2.32. The lowest BCUT2D eigenvalue weighted by atomic mass is 10.1. The lowest BCUT2D eigenvalue weighted by Crippen LogP contribution is -2.16. The number of aryl methyl sites for hydroxylation is 2. The summed E-state index contributed by atoms with van der Waals surface area (Å²) in [5, 5.41) is 9.15. The largest absolute Gasteiger partial charge is 0.337 e. The number of amides is 1. The van der Waals surface area contributed by atoms with E-state index in [-0.39, 0.29) is 5.69 Å². The van der Waals surface area contributed by atoms with Gasteiger partial charge >= 0.3 is 0 Å². The van der Waals surface area contributed by atoms with Crippen molar-refractivity contribution < 1.29 is 13.6 Å². The molecule has 0 unspecified atom stereocenters. The van der Waals surface area contributed by atoms with Crippen LogP contribution in [0.1, 0.15) is 21.5 Å². The number of carbonyl (C=O) groups excluding carboxylic acids is 1. The standard InChI is InChI=1S/C19H15F2N5O/c1-9-6-7-13-16(10(9)2)25-18(23-13)17-14(8-22-26-17)24-19(27)15-11(20)4-3-5-12(15)21/h3-8H,1-2H3,(H,22,26)(H,23,25)(H,24,27). The molecule has 27 heavy (non-hydrogen) atoms. The molecule has 1 amide bonds. The number of rotatable bonds is 3. The first-order valence-corrected chi connectivity index (χ1v) is 8.20. The molecule has 3 N–H and O–H groups in total. The predicted octanol–water partition coefficient (Wildman–Crippen LogP) is 4.10. The highest BCUT2D eigenvalue weighted by atomic mass is 19.1. The van der Waals surface area contributed by atoms with Crippen molar-refractivity contribution in [3.63, 3.8) is 0 Å². The summed E-state index contributed by atoms with van der Waals surface area (Å²) in [4.78, 5) is 20.1. The van der Waals surface area contributed by atoms with Crippen LogP contribution in [0, 0.1) is 25.5 Å². The van der Waals surface area contributed by atoms with E-state index in [0.717, 1.165) is 34.3 Å². The Hall–Kier alpha value is -3.55. The van der Waals surface area contributed by atoms with Gasteiger partial charge in [-0.3, -0.25) is 9.89 Å². The highest BCUT2D eigenvalue weighted by molar-refractivity contribution is 6.06. The number of halogens is 2. The second-order valence-electron chi connectivity index (χ2n) is 6.20. The third-order valence-corrected chi connectivity index (χ3v) is 4.49. The minimum Gasteiger partial charge on any atom is -0.337 e. The maximum absolute atomic E-state index is 13.8. The molecule has 4 aromatic rings. The Labute approximate surface area is 152 Å². The molecule has 0 radical (unpaired) electrons. The molecule has 136 valence electrons. The van der Waals surface area contributed by atoms with E-state index in [4.69, 9.17) is 0 Å². The molecule has 0 saturated heterocycles. The summed E-state index contributed by atoms with van der Waals surface area (Å²) < 4.78 is 27.7. The van der Waals surface area contributed by atoms with E-state index in [2.05, 4.69) is 25.5 Å². The number of hydrogen-bond donors (Lipinski definition) is 3. The van der Waals surface area contributed by atoms with Crippen LogP contribution in [0.25, 0.3) is 22.6 Å². The number of aromatic nitrogens is 4. The second kappa shape index (κ2) is 6.31. The zero-order valence-electron chi connectivity index (χ0n) is 14.5. The maximum atomic E-state index is 13.8. The highest BCUT2D eigenvalue weighted by Gasteiger charge is 2.20. The fourth-order valence-electron chi connectivity index (χ4n) is 2.89. The average molecular weight is 367 g/mol. The van der Waals surface area contributed by atoms with Gasteiger partial charge in [-0.15, -0.1) is 0 Å². The maximum Gasteiger partial charge on any atom is 0.261 e. The third kappa shape index (κ3) is 2.84. The Balaban J connectivity index is 1.72. The van der Waals surface area contributed by atoms with Gasteiger partial charge in [0.1, 0.15) is 22.9 Å². The van der Waals surface area contributed by atoms with Crippen LogP contribution < -0.4 is 5.32 Å². The van der Waals surface area contributed by atoms with Gasteiger partial charge in [0.2, 0.25) is 0 Å². The van der Waals surface area contributed by atoms with Gasteiger partial charge in [0, 0.05) is 0 Å². The summed E-state index contributed by atoms with van der Waals surface area (Å²) in [5.41, 5.74) is 3.80. The summed E-state index contributed by atoms with van der Waals surface area (Å²) in [6.07, 6.45) is 1.36. The van der Waals surface area contributed by atoms with E-state index in [1.807, 2.05) is 26.0 Å². The molecule has 0 saturated carbocycles. The fraction of sp³-hybridized carbons (Fsp3) is 0.105. The van der Waals surface area contributed by atoms with Crippen molar-refractivity contribution in [2.45, 2.75) is 13.8 Å². The first kappa shape index (κ1) is 16.9. The van der Waals surface area contributed by atoms with E-state index in [1.54, 1.807) is 0 Å². The van der Waals surface area contributed by atoms with Crippen LogP contribution in [0.5, 0.6) is 0 Å². The number of carbonyl (C=O) groups is 1. The minimum absolute atomic E-state index is 0.260. The van der Waals surface area contributed by atoms with Crippen molar-refractivity contribution in [2.24, 2.45) is 0 Å². The van der Waals surface area contributed by atoms with Gasteiger partial charge < -0.3 is 10.3 Å². The number of anilines is 1. The normalized spacial score (nSPS) is 11.1. The van der Waals surface area contributed by atoms with Gasteiger partial charge in [-0.1, -0.05) is 12.1 Å². The molecule has 0 fully saturated rings. The molecule has 0 spiro atoms. The number of nitrogens with zero attached hydrogens (tertiary/aromatic N) is 2. The quantitative estimate of drug-likeness (QED) is 0.509. The van der Waals surface area contributed by atoms with Crippen LogP contribution in [0.3, 0.4) is 0 Å². The molecular weight excluding hydrogens is 352 g/mol. The molecule has 0 atom stereocenters. The summed E-state index contributed by atoms with van der Waals surface area (Å²) in [7, 11) is 0. The van der Waals surface area contributed by atoms with Gasteiger partial charge in [0.25, 0.3) is 5.91 Å². The summed E-state index contributed by atoms with van der Waals surface area (Å²) in [6, 6.07) is 7.15. The first-order chi connectivity index (χ1) is 13.0. The summed E-state index contributed by atoms with van der Waals surface area (Å²) >= 11 is 0. The number of fused-ring (bicyclic) bond motifs is 1. The van der Waals surface area contributed by atoms with Crippen molar-refractivity contribution in [3.05, 3.63) is 64.9 Å². The van der Waals surface area contributed by atoms with Crippen LogP contribution in [-0.4, -0.2) is 26.1 Å². The van der Waals surface area contributed by atoms with Gasteiger partial charge in [0.15, 0.2) is 5.82 Å². The zero-order valence-corrected chi connectivity index (χ0v) is 14.5. The molecule has 2 aromatic carbocycles. The molecular formula is C19H15F2N5O. The van der Waals surface area contributed by atoms with Gasteiger partial charge in [0.05, 0.1) is 22.9 Å². The van der Waals surface area contributed by atoms with Gasteiger partial charge in [-0.25, -0.2) is 13.8 Å². The Bertz CT molecular complexity index is 1160. The predicted molar refractivity (Wildman–Crippen MR) is 97.5 cm³/mol. The van der Waals surface area contributed by atoms with Crippen LogP contribution in [-0.2, 0) is 0 Å². The van der Waals surface area contributed by atoms with E-state index < -0.39 is 23.1 Å². The smallest absolute Gasteiger partial charge is 0.261 e. The monoisotopic (exact) mass is 367 g/mol. The van der Waals surface area contributed by atoms with E-state index >= 15 is 0 Å². The molecule has 0 aliphatic heterocycles. The molecule has 0 aliphatic carbocycles. The first-order valence-electron chi connectivity index (χ1n) is 8.20. The van der Waals surface area contributed by atoms with E-state index in [9.17, 15) is 13.6 Å². The van der Waals surface area contributed by atoms with Crippen molar-refractivity contribution in [2.75, 3.05) is 5.32 Å². The molecule has 8 heteroatoms.